The highest BCUT2D eigenvalue weighted by molar-refractivity contribution is 9.10. The zero-order chi connectivity index (χ0) is 15.7. The third-order valence-corrected chi connectivity index (χ3v) is 5.65. The van der Waals surface area contributed by atoms with Crippen LogP contribution in [-0.2, 0) is 4.79 Å². The Bertz CT molecular complexity index is 706. The highest BCUT2D eigenvalue weighted by Crippen LogP contribution is 2.45. The number of thioether (sulfide) groups is 1. The van der Waals surface area contributed by atoms with Crippen molar-refractivity contribution in [3.8, 4) is 5.75 Å². The number of methoxy groups -OCH3 is 1. The van der Waals surface area contributed by atoms with Crippen molar-refractivity contribution in [2.24, 2.45) is 0 Å². The first-order valence-corrected chi connectivity index (χ1v) is 9.26. The number of hydrogen-bond acceptors (Lipinski definition) is 3. The minimum Gasteiger partial charge on any atom is -0.496 e. The summed E-state index contributed by atoms with van der Waals surface area (Å²) in [6.07, 6.45) is 0. The molecule has 0 aromatic heterocycles. The monoisotopic (exact) mass is 441 g/mol. The third kappa shape index (κ3) is 3.05. The topological polar surface area (TPSA) is 29.5 Å². The second-order valence-electron chi connectivity index (χ2n) is 4.79. The van der Waals surface area contributed by atoms with Gasteiger partial charge in [0.1, 0.15) is 11.1 Å². The lowest BCUT2D eigenvalue weighted by Gasteiger charge is -2.25. The molecule has 2 aromatic carbocycles. The molecule has 0 aliphatic carbocycles. The molecule has 22 heavy (non-hydrogen) atoms. The minimum absolute atomic E-state index is 0.0823. The summed E-state index contributed by atoms with van der Waals surface area (Å²) in [7, 11) is 1.65. The number of anilines is 1. The van der Waals surface area contributed by atoms with Crippen molar-refractivity contribution in [2.75, 3.05) is 17.8 Å². The normalized spacial score (nSPS) is 17.9. The second-order valence-corrected chi connectivity index (χ2v) is 7.69. The lowest BCUT2D eigenvalue weighted by molar-refractivity contribution is -0.115. The summed E-state index contributed by atoms with van der Waals surface area (Å²) in [4.78, 5) is 14.2. The van der Waals surface area contributed by atoms with E-state index in [1.807, 2.05) is 47.4 Å². The van der Waals surface area contributed by atoms with E-state index in [2.05, 4.69) is 31.9 Å². The fourth-order valence-electron chi connectivity index (χ4n) is 2.43. The number of carbonyl (C=O) groups is 1. The molecule has 3 nitrogen and oxygen atoms in total. The maximum Gasteiger partial charge on any atom is 0.238 e. The van der Waals surface area contributed by atoms with Gasteiger partial charge in [0.25, 0.3) is 0 Å². The molecular weight excluding hydrogens is 430 g/mol. The number of amides is 1. The van der Waals surface area contributed by atoms with E-state index in [1.54, 1.807) is 18.9 Å². The van der Waals surface area contributed by atoms with Gasteiger partial charge >= 0.3 is 0 Å². The Balaban J connectivity index is 2.04. The number of rotatable bonds is 3. The Labute approximate surface area is 150 Å². The van der Waals surface area contributed by atoms with E-state index < -0.39 is 0 Å². The molecule has 0 N–H and O–H groups in total. The molecule has 0 unspecified atom stereocenters. The lowest BCUT2D eigenvalue weighted by Crippen LogP contribution is -2.28. The van der Waals surface area contributed by atoms with E-state index in [-0.39, 0.29) is 11.3 Å². The van der Waals surface area contributed by atoms with Crippen molar-refractivity contribution >= 4 is 55.2 Å². The van der Waals surface area contributed by atoms with Crippen molar-refractivity contribution < 1.29 is 9.53 Å². The Kier molecular flexibility index (Phi) is 4.80. The van der Waals surface area contributed by atoms with Crippen LogP contribution in [-0.4, -0.2) is 18.8 Å². The van der Waals surface area contributed by atoms with Gasteiger partial charge < -0.3 is 4.74 Å². The quantitative estimate of drug-likeness (QED) is 0.669. The summed E-state index contributed by atoms with van der Waals surface area (Å²) < 4.78 is 7.44. The van der Waals surface area contributed by atoms with Gasteiger partial charge in [0.05, 0.1) is 12.9 Å². The molecule has 1 heterocycles. The van der Waals surface area contributed by atoms with E-state index in [0.717, 1.165) is 25.9 Å². The predicted molar refractivity (Wildman–Crippen MR) is 97.5 cm³/mol. The highest BCUT2D eigenvalue weighted by atomic mass is 79.9. The van der Waals surface area contributed by atoms with E-state index in [9.17, 15) is 4.79 Å². The standard InChI is InChI=1S/C16H13Br2NO2S/c1-21-14-7-4-11(18)8-13(14)16-19(15(20)9-22-16)12-5-2-10(17)3-6-12/h2-8,16H,9H2,1H3/t16-/m0/s1. The molecule has 1 amide bonds. The fourth-order valence-corrected chi connectivity index (χ4v) is 4.27. The molecular formula is C16H13Br2NO2S. The van der Waals surface area contributed by atoms with Gasteiger partial charge in [-0.15, -0.1) is 11.8 Å². The van der Waals surface area contributed by atoms with Crippen LogP contribution >= 0.6 is 43.6 Å². The molecule has 1 aliphatic heterocycles. The molecule has 0 radical (unpaired) electrons. The first kappa shape index (κ1) is 15.9. The summed E-state index contributed by atoms with van der Waals surface area (Å²) in [5.41, 5.74) is 1.89. The highest BCUT2D eigenvalue weighted by Gasteiger charge is 2.35. The zero-order valence-corrected chi connectivity index (χ0v) is 15.7. The maximum absolute atomic E-state index is 12.4. The summed E-state index contributed by atoms with van der Waals surface area (Å²) in [6, 6.07) is 13.7. The van der Waals surface area contributed by atoms with Gasteiger partial charge in [0.15, 0.2) is 0 Å². The molecule has 1 atom stereocenters. The van der Waals surface area contributed by atoms with Crippen LogP contribution in [0.4, 0.5) is 5.69 Å². The molecule has 6 heteroatoms. The molecule has 0 bridgehead atoms. The summed E-state index contributed by atoms with van der Waals surface area (Å²) in [5, 5.41) is -0.0823. The summed E-state index contributed by atoms with van der Waals surface area (Å²) >= 11 is 8.54. The van der Waals surface area contributed by atoms with Crippen molar-refractivity contribution in [1.82, 2.24) is 0 Å². The first-order valence-electron chi connectivity index (χ1n) is 6.63. The summed E-state index contributed by atoms with van der Waals surface area (Å²) in [6.45, 7) is 0. The number of nitrogens with zero attached hydrogens (tertiary/aromatic N) is 1. The van der Waals surface area contributed by atoms with Crippen molar-refractivity contribution in [3.63, 3.8) is 0 Å². The van der Waals surface area contributed by atoms with Crippen molar-refractivity contribution in [3.05, 3.63) is 57.0 Å². The SMILES string of the molecule is COc1ccc(Br)cc1[C@@H]1SCC(=O)N1c1ccc(Br)cc1. The predicted octanol–water partition coefficient (Wildman–Crippen LogP) is 5.00. The molecule has 1 fully saturated rings. The van der Waals surface area contributed by atoms with E-state index in [4.69, 9.17) is 4.74 Å². The van der Waals surface area contributed by atoms with Gasteiger partial charge in [0, 0.05) is 20.2 Å². The Morgan fingerprint density at radius 2 is 1.82 bits per heavy atom. The largest absolute Gasteiger partial charge is 0.496 e. The molecule has 0 saturated carbocycles. The Morgan fingerprint density at radius 3 is 2.50 bits per heavy atom. The first-order chi connectivity index (χ1) is 10.6. The van der Waals surface area contributed by atoms with E-state index >= 15 is 0 Å². The van der Waals surface area contributed by atoms with Crippen LogP contribution in [0, 0.1) is 0 Å². The van der Waals surface area contributed by atoms with Gasteiger partial charge in [-0.1, -0.05) is 31.9 Å². The van der Waals surface area contributed by atoms with Crippen LogP contribution in [0.2, 0.25) is 0 Å². The number of benzene rings is 2. The lowest BCUT2D eigenvalue weighted by atomic mass is 10.1. The van der Waals surface area contributed by atoms with E-state index in [0.29, 0.717) is 5.75 Å². The average molecular weight is 443 g/mol. The maximum atomic E-state index is 12.4. The zero-order valence-electron chi connectivity index (χ0n) is 11.8. The van der Waals surface area contributed by atoms with Crippen molar-refractivity contribution in [2.45, 2.75) is 5.37 Å². The van der Waals surface area contributed by atoms with Crippen molar-refractivity contribution in [1.29, 1.82) is 0 Å². The van der Waals surface area contributed by atoms with Gasteiger partial charge in [-0.2, -0.15) is 0 Å². The smallest absolute Gasteiger partial charge is 0.238 e. The number of ether oxygens (including phenoxy) is 1. The molecule has 114 valence electrons. The second kappa shape index (κ2) is 6.64. The van der Waals surface area contributed by atoms with Crippen LogP contribution in [0.25, 0.3) is 0 Å². The van der Waals surface area contributed by atoms with E-state index in [1.165, 1.54) is 0 Å². The van der Waals surface area contributed by atoms with Crippen LogP contribution in [0.1, 0.15) is 10.9 Å². The molecule has 3 rings (SSSR count). The number of carbonyl (C=O) groups excluding carboxylic acids is 1. The van der Waals surface area contributed by atoms with Gasteiger partial charge in [-0.25, -0.2) is 0 Å². The molecule has 1 saturated heterocycles. The number of halogens is 2. The Hall–Kier alpha value is -0.980. The van der Waals surface area contributed by atoms with Crippen LogP contribution in [0.15, 0.2) is 51.4 Å². The minimum atomic E-state index is -0.0823. The van der Waals surface area contributed by atoms with Gasteiger partial charge in [-0.05, 0) is 42.5 Å². The average Bonchev–Trinajstić information content (AvgIpc) is 2.90. The molecule has 0 spiro atoms. The van der Waals surface area contributed by atoms with Gasteiger partial charge in [0.2, 0.25) is 5.91 Å². The third-order valence-electron chi connectivity index (χ3n) is 3.43. The number of hydrogen-bond donors (Lipinski definition) is 0. The van der Waals surface area contributed by atoms with Crippen LogP contribution in [0.5, 0.6) is 5.75 Å². The Morgan fingerprint density at radius 1 is 1.14 bits per heavy atom. The molecule has 1 aliphatic rings. The van der Waals surface area contributed by atoms with Crippen LogP contribution in [0.3, 0.4) is 0 Å². The molecule has 2 aromatic rings. The summed E-state index contributed by atoms with van der Waals surface area (Å²) in [5.74, 6) is 1.37. The van der Waals surface area contributed by atoms with Gasteiger partial charge in [-0.3, -0.25) is 9.69 Å². The fraction of sp³-hybridized carbons (Fsp3) is 0.188. The van der Waals surface area contributed by atoms with Crippen LogP contribution < -0.4 is 9.64 Å².